The third kappa shape index (κ3) is 4.58. The number of carbonyl (C=O) groups excluding carboxylic acids is 1. The third-order valence-corrected chi connectivity index (χ3v) is 3.50. The van der Waals surface area contributed by atoms with E-state index in [1.807, 2.05) is 38.1 Å². The molecule has 2 rings (SSSR count). The first-order valence-corrected chi connectivity index (χ1v) is 7.39. The summed E-state index contributed by atoms with van der Waals surface area (Å²) < 4.78 is 10.9. The lowest BCUT2D eigenvalue weighted by Gasteiger charge is -2.15. The van der Waals surface area contributed by atoms with E-state index in [9.17, 15) is 4.79 Å². The first kappa shape index (κ1) is 16.6. The van der Waals surface area contributed by atoms with Gasteiger partial charge in [-0.05, 0) is 56.2 Å². The molecule has 0 fully saturated rings. The Morgan fingerprint density at radius 1 is 1.17 bits per heavy atom. The van der Waals surface area contributed by atoms with E-state index in [-0.39, 0.29) is 6.61 Å². The van der Waals surface area contributed by atoms with Crippen LogP contribution >= 0.6 is 0 Å². The molecule has 0 saturated heterocycles. The maximum Gasteiger partial charge on any atom is 0.347 e. The molecule has 0 aromatic heterocycles. The Kier molecular flexibility index (Phi) is 5.37. The van der Waals surface area contributed by atoms with Gasteiger partial charge in [0, 0.05) is 0 Å². The summed E-state index contributed by atoms with van der Waals surface area (Å²) >= 11 is 0. The van der Waals surface area contributed by atoms with Gasteiger partial charge in [0.15, 0.2) is 6.10 Å². The Labute approximate surface area is 136 Å². The van der Waals surface area contributed by atoms with Gasteiger partial charge in [-0.2, -0.15) is 5.26 Å². The van der Waals surface area contributed by atoms with Gasteiger partial charge >= 0.3 is 5.97 Å². The van der Waals surface area contributed by atoms with Crippen LogP contribution in [0.4, 0.5) is 0 Å². The van der Waals surface area contributed by atoms with Crippen LogP contribution < -0.4 is 4.74 Å². The molecule has 2 aromatic rings. The molecular formula is C19H19NO3. The molecular weight excluding hydrogens is 290 g/mol. The number of carbonyl (C=O) groups is 1. The summed E-state index contributed by atoms with van der Waals surface area (Å²) in [6, 6.07) is 14.7. The highest BCUT2D eigenvalue weighted by Crippen LogP contribution is 2.15. The number of rotatable bonds is 5. The maximum absolute atomic E-state index is 12.0. The van der Waals surface area contributed by atoms with Crippen molar-refractivity contribution >= 4 is 5.97 Å². The second-order valence-electron chi connectivity index (χ2n) is 5.43. The molecule has 118 valence electrons. The standard InChI is InChI=1S/C19H19NO3/c1-13-4-5-14(2)17(10-13)12-22-19(21)15(3)23-18-8-6-16(11-20)7-9-18/h4-10,15H,12H2,1-3H3/t15-/m1/s1. The van der Waals surface area contributed by atoms with Crippen molar-refractivity contribution in [2.24, 2.45) is 0 Å². The predicted octanol–water partition coefficient (Wildman–Crippen LogP) is 3.69. The maximum atomic E-state index is 12.0. The summed E-state index contributed by atoms with van der Waals surface area (Å²) in [6.07, 6.45) is -0.715. The van der Waals surface area contributed by atoms with Crippen LogP contribution in [-0.4, -0.2) is 12.1 Å². The molecule has 0 bridgehead atoms. The number of nitrogens with zero attached hydrogens (tertiary/aromatic N) is 1. The topological polar surface area (TPSA) is 59.3 Å². The fraction of sp³-hybridized carbons (Fsp3) is 0.263. The summed E-state index contributed by atoms with van der Waals surface area (Å²) in [5, 5.41) is 8.75. The van der Waals surface area contributed by atoms with Crippen molar-refractivity contribution in [2.45, 2.75) is 33.5 Å². The van der Waals surface area contributed by atoms with Crippen molar-refractivity contribution in [1.29, 1.82) is 5.26 Å². The van der Waals surface area contributed by atoms with Crippen molar-refractivity contribution in [3.05, 3.63) is 64.7 Å². The Morgan fingerprint density at radius 2 is 1.87 bits per heavy atom. The minimum absolute atomic E-state index is 0.230. The predicted molar refractivity (Wildman–Crippen MR) is 87.0 cm³/mol. The van der Waals surface area contributed by atoms with Crippen LogP contribution in [0.2, 0.25) is 0 Å². The molecule has 2 aromatic carbocycles. The molecule has 0 aliphatic rings. The van der Waals surface area contributed by atoms with Gasteiger partial charge in [-0.15, -0.1) is 0 Å². The van der Waals surface area contributed by atoms with E-state index < -0.39 is 12.1 Å². The monoisotopic (exact) mass is 309 g/mol. The van der Waals surface area contributed by atoms with E-state index in [0.29, 0.717) is 11.3 Å². The Morgan fingerprint density at radius 3 is 2.52 bits per heavy atom. The van der Waals surface area contributed by atoms with E-state index in [1.165, 1.54) is 0 Å². The number of aryl methyl sites for hydroxylation is 2. The molecule has 0 spiro atoms. The SMILES string of the molecule is Cc1ccc(C)c(COC(=O)[C@@H](C)Oc2ccc(C#N)cc2)c1. The molecule has 0 aliphatic carbocycles. The van der Waals surface area contributed by atoms with E-state index in [2.05, 4.69) is 0 Å². The van der Waals surface area contributed by atoms with E-state index in [4.69, 9.17) is 14.7 Å². The lowest BCUT2D eigenvalue weighted by Crippen LogP contribution is -2.26. The minimum atomic E-state index is -0.715. The molecule has 0 unspecified atom stereocenters. The molecule has 0 saturated carbocycles. The van der Waals surface area contributed by atoms with Crippen LogP contribution in [0.1, 0.15) is 29.2 Å². The number of ether oxygens (including phenoxy) is 2. The van der Waals surface area contributed by atoms with Crippen LogP contribution in [0.3, 0.4) is 0 Å². The van der Waals surface area contributed by atoms with Gasteiger partial charge in [-0.25, -0.2) is 4.79 Å². The largest absolute Gasteiger partial charge is 0.479 e. The lowest BCUT2D eigenvalue weighted by molar-refractivity contribution is -0.152. The molecule has 1 atom stereocenters. The van der Waals surface area contributed by atoms with Crippen LogP contribution in [0, 0.1) is 25.2 Å². The molecule has 0 aliphatic heterocycles. The molecule has 0 radical (unpaired) electrons. The van der Waals surface area contributed by atoms with Crippen molar-refractivity contribution in [3.8, 4) is 11.8 Å². The van der Waals surface area contributed by atoms with Crippen LogP contribution in [0.15, 0.2) is 42.5 Å². The number of hydrogen-bond donors (Lipinski definition) is 0. The summed E-state index contributed by atoms with van der Waals surface area (Å²) in [4.78, 5) is 12.0. The quantitative estimate of drug-likeness (QED) is 0.790. The summed E-state index contributed by atoms with van der Waals surface area (Å²) in [5.74, 6) is 0.107. The van der Waals surface area contributed by atoms with Crippen molar-refractivity contribution in [1.82, 2.24) is 0 Å². The van der Waals surface area contributed by atoms with Gasteiger partial charge < -0.3 is 9.47 Å². The molecule has 0 N–H and O–H groups in total. The summed E-state index contributed by atoms with van der Waals surface area (Å²) in [7, 11) is 0. The smallest absolute Gasteiger partial charge is 0.347 e. The highest BCUT2D eigenvalue weighted by atomic mass is 16.6. The molecule has 4 nitrogen and oxygen atoms in total. The highest BCUT2D eigenvalue weighted by molar-refractivity contribution is 5.74. The normalized spacial score (nSPS) is 11.4. The average molecular weight is 309 g/mol. The zero-order valence-electron chi connectivity index (χ0n) is 13.5. The van der Waals surface area contributed by atoms with Crippen molar-refractivity contribution < 1.29 is 14.3 Å². The van der Waals surface area contributed by atoms with E-state index in [1.54, 1.807) is 31.2 Å². The van der Waals surface area contributed by atoms with Crippen LogP contribution in [0.25, 0.3) is 0 Å². The van der Waals surface area contributed by atoms with Crippen molar-refractivity contribution in [3.63, 3.8) is 0 Å². The first-order valence-electron chi connectivity index (χ1n) is 7.39. The number of nitriles is 1. The highest BCUT2D eigenvalue weighted by Gasteiger charge is 2.17. The minimum Gasteiger partial charge on any atom is -0.479 e. The third-order valence-electron chi connectivity index (χ3n) is 3.50. The summed E-state index contributed by atoms with van der Waals surface area (Å²) in [5.41, 5.74) is 3.75. The average Bonchev–Trinajstić information content (AvgIpc) is 2.56. The fourth-order valence-corrected chi connectivity index (χ4v) is 2.08. The van der Waals surface area contributed by atoms with Gasteiger partial charge in [0.25, 0.3) is 0 Å². The van der Waals surface area contributed by atoms with E-state index >= 15 is 0 Å². The second-order valence-corrected chi connectivity index (χ2v) is 5.43. The van der Waals surface area contributed by atoms with Gasteiger partial charge in [0.1, 0.15) is 12.4 Å². The zero-order chi connectivity index (χ0) is 16.8. The van der Waals surface area contributed by atoms with Gasteiger partial charge in [-0.3, -0.25) is 0 Å². The van der Waals surface area contributed by atoms with Gasteiger partial charge in [0.2, 0.25) is 0 Å². The zero-order valence-corrected chi connectivity index (χ0v) is 13.5. The number of benzene rings is 2. The molecule has 0 heterocycles. The van der Waals surface area contributed by atoms with Crippen LogP contribution in [-0.2, 0) is 16.1 Å². The second kappa shape index (κ2) is 7.46. The summed E-state index contributed by atoms with van der Waals surface area (Å²) in [6.45, 7) is 5.86. The fourth-order valence-electron chi connectivity index (χ4n) is 2.08. The van der Waals surface area contributed by atoms with Gasteiger partial charge in [0.05, 0.1) is 11.6 Å². The molecule has 0 amide bonds. The Bertz CT molecular complexity index is 729. The lowest BCUT2D eigenvalue weighted by atomic mass is 10.1. The molecule has 4 heteroatoms. The Balaban J connectivity index is 1.92. The van der Waals surface area contributed by atoms with Crippen LogP contribution in [0.5, 0.6) is 5.75 Å². The number of hydrogen-bond acceptors (Lipinski definition) is 4. The first-order chi connectivity index (χ1) is 11.0. The molecule has 23 heavy (non-hydrogen) atoms. The van der Waals surface area contributed by atoms with Gasteiger partial charge in [-0.1, -0.05) is 23.8 Å². The number of esters is 1. The Hall–Kier alpha value is -2.80. The van der Waals surface area contributed by atoms with E-state index in [0.717, 1.165) is 16.7 Å². The van der Waals surface area contributed by atoms with Crippen molar-refractivity contribution in [2.75, 3.05) is 0 Å².